The van der Waals surface area contributed by atoms with Gasteiger partial charge in [0.1, 0.15) is 0 Å². The number of halogens is 4. The molecule has 5 rings (SSSR count). The van der Waals surface area contributed by atoms with Gasteiger partial charge in [0, 0.05) is 25.2 Å². The van der Waals surface area contributed by atoms with E-state index in [9.17, 15) is 27.5 Å². The van der Waals surface area contributed by atoms with E-state index in [1.54, 1.807) is 41.3 Å². The summed E-state index contributed by atoms with van der Waals surface area (Å²) in [5.41, 5.74) is 0.426. The van der Waals surface area contributed by atoms with Gasteiger partial charge in [-0.3, -0.25) is 4.79 Å². The van der Waals surface area contributed by atoms with Gasteiger partial charge in [-0.05, 0) is 92.9 Å². The lowest BCUT2D eigenvalue weighted by atomic mass is 9.67. The van der Waals surface area contributed by atoms with E-state index in [0.29, 0.717) is 56.8 Å². The molecule has 2 aromatic rings. The van der Waals surface area contributed by atoms with Crippen molar-refractivity contribution in [3.8, 4) is 16.9 Å². The van der Waals surface area contributed by atoms with Crippen molar-refractivity contribution in [1.29, 1.82) is 0 Å². The smallest absolute Gasteiger partial charge is 0.395 e. The van der Waals surface area contributed by atoms with Gasteiger partial charge in [0.15, 0.2) is 11.6 Å². The van der Waals surface area contributed by atoms with E-state index in [1.165, 1.54) is 6.07 Å². The molecule has 0 bridgehead atoms. The van der Waals surface area contributed by atoms with Crippen LogP contribution in [0.5, 0.6) is 5.75 Å². The first kappa shape index (κ1) is 27.9. The van der Waals surface area contributed by atoms with E-state index in [-0.39, 0.29) is 37.0 Å². The van der Waals surface area contributed by atoms with Gasteiger partial charge in [0.05, 0.1) is 18.1 Å². The number of hydrogen-bond acceptors (Lipinski definition) is 4. The Hall–Kier alpha value is -2.65. The predicted octanol–water partition coefficient (Wildman–Crippen LogP) is 5.91. The first-order valence-electron chi connectivity index (χ1n) is 13.9. The summed E-state index contributed by atoms with van der Waals surface area (Å²) in [6.07, 6.45) is -0.595. The third-order valence-electron chi connectivity index (χ3n) is 8.70. The molecule has 3 fully saturated rings. The van der Waals surface area contributed by atoms with Crippen LogP contribution >= 0.6 is 0 Å². The normalized spacial score (nSPS) is 22.4. The van der Waals surface area contributed by atoms with Crippen molar-refractivity contribution in [2.24, 2.45) is 11.3 Å². The molecule has 2 aromatic carbocycles. The molecule has 1 N–H and O–H groups in total. The summed E-state index contributed by atoms with van der Waals surface area (Å²) in [6.45, 7) is 2.58. The van der Waals surface area contributed by atoms with Crippen LogP contribution in [0, 0.1) is 17.2 Å². The molecule has 212 valence electrons. The maximum absolute atomic E-state index is 14.9. The number of hydrogen-bond donors (Lipinski definition) is 1. The summed E-state index contributed by atoms with van der Waals surface area (Å²) in [7, 11) is 0. The number of ether oxygens (including phenoxy) is 1. The number of piperidine rings is 2. The molecule has 1 atom stereocenters. The van der Waals surface area contributed by atoms with E-state index in [2.05, 4.69) is 0 Å². The molecule has 2 aliphatic heterocycles. The lowest BCUT2D eigenvalue weighted by molar-refractivity contribution is -0.256. The lowest BCUT2D eigenvalue weighted by Gasteiger charge is -2.47. The molecule has 39 heavy (non-hydrogen) atoms. The van der Waals surface area contributed by atoms with Crippen molar-refractivity contribution >= 4 is 5.91 Å². The topological polar surface area (TPSA) is 53.0 Å². The summed E-state index contributed by atoms with van der Waals surface area (Å²) >= 11 is 0. The van der Waals surface area contributed by atoms with E-state index >= 15 is 0 Å². The van der Waals surface area contributed by atoms with Crippen LogP contribution in [0.4, 0.5) is 17.6 Å². The molecule has 0 radical (unpaired) electrons. The minimum absolute atomic E-state index is 0.0800. The number of β-amino-alcohol motifs (C(OH)–C–C–N with tert-alkyl or cyclic N) is 1. The van der Waals surface area contributed by atoms with Crippen molar-refractivity contribution in [1.82, 2.24) is 9.80 Å². The van der Waals surface area contributed by atoms with Gasteiger partial charge >= 0.3 is 6.18 Å². The fourth-order valence-electron chi connectivity index (χ4n) is 6.01. The Morgan fingerprint density at radius 3 is 2.26 bits per heavy atom. The van der Waals surface area contributed by atoms with Crippen molar-refractivity contribution in [3.63, 3.8) is 0 Å². The van der Waals surface area contributed by atoms with Crippen LogP contribution in [0.3, 0.4) is 0 Å². The second-order valence-corrected chi connectivity index (χ2v) is 11.4. The predicted molar refractivity (Wildman–Crippen MR) is 140 cm³/mol. The lowest BCUT2D eigenvalue weighted by Crippen LogP contribution is -2.53. The van der Waals surface area contributed by atoms with Crippen LogP contribution in [0.25, 0.3) is 11.1 Å². The number of benzene rings is 2. The zero-order chi connectivity index (χ0) is 27.6. The van der Waals surface area contributed by atoms with Gasteiger partial charge in [-0.2, -0.15) is 13.2 Å². The molecule has 9 heteroatoms. The van der Waals surface area contributed by atoms with Gasteiger partial charge in [0.25, 0.3) is 5.91 Å². The van der Waals surface area contributed by atoms with Crippen LogP contribution in [0.1, 0.15) is 55.3 Å². The Labute approximate surface area is 226 Å². The number of alkyl halides is 3. The largest absolute Gasteiger partial charge is 0.490 e. The second kappa shape index (κ2) is 11.5. The summed E-state index contributed by atoms with van der Waals surface area (Å²) in [4.78, 5) is 16.3. The quantitative estimate of drug-likeness (QED) is 0.437. The van der Waals surface area contributed by atoms with Crippen molar-refractivity contribution < 1.29 is 32.2 Å². The minimum Gasteiger partial charge on any atom is -0.490 e. The number of carbonyl (C=O) groups is 1. The molecule has 1 aliphatic carbocycles. The fraction of sp³-hybridized carbons (Fsp3) is 0.567. The Bertz CT molecular complexity index is 1140. The Morgan fingerprint density at radius 1 is 0.974 bits per heavy atom. The summed E-state index contributed by atoms with van der Waals surface area (Å²) < 4.78 is 61.1. The maximum Gasteiger partial charge on any atom is 0.395 e. The number of rotatable bonds is 7. The molecule has 0 aromatic heterocycles. The standard InChI is InChI=1S/C30H36F4N2O3/c31-26-17-24(22-4-6-23(7-5-22)28(38)36-14-1-3-25(37)18-36)8-9-27(26)39-19-21-10-15-35(16-11-21)20-29(12-2-13-29)30(32,33)34/h4-9,17,21,25,37H,1-3,10-16,18-20H2/t25-/m0/s1. The number of nitrogens with zero attached hydrogens (tertiary/aromatic N) is 2. The summed E-state index contributed by atoms with van der Waals surface area (Å²) in [5.74, 6) is -0.273. The van der Waals surface area contributed by atoms with Gasteiger partial charge in [-0.1, -0.05) is 24.6 Å². The van der Waals surface area contributed by atoms with Gasteiger partial charge in [0.2, 0.25) is 0 Å². The molecule has 0 spiro atoms. The molecule has 5 nitrogen and oxygen atoms in total. The van der Waals surface area contributed by atoms with E-state index < -0.39 is 23.5 Å². The average Bonchev–Trinajstić information content (AvgIpc) is 2.89. The monoisotopic (exact) mass is 548 g/mol. The summed E-state index contributed by atoms with van der Waals surface area (Å²) in [6, 6.07) is 11.8. The van der Waals surface area contributed by atoms with Crippen LogP contribution in [0.2, 0.25) is 0 Å². The SMILES string of the molecule is O=C(c1ccc(-c2ccc(OCC3CCN(CC4(C(F)(F)F)CCC4)CC3)c(F)c2)cc1)N1CCC[C@H](O)C1. The second-order valence-electron chi connectivity index (χ2n) is 11.4. The number of amides is 1. The molecule has 3 aliphatic rings. The van der Waals surface area contributed by atoms with Crippen molar-refractivity contribution in [2.45, 2.75) is 57.2 Å². The molecule has 2 heterocycles. The highest BCUT2D eigenvalue weighted by molar-refractivity contribution is 5.94. The van der Waals surface area contributed by atoms with Crippen LogP contribution < -0.4 is 4.74 Å². The molecule has 2 saturated heterocycles. The number of aliphatic hydroxyl groups excluding tert-OH is 1. The van der Waals surface area contributed by atoms with E-state index in [0.717, 1.165) is 24.8 Å². The highest BCUT2D eigenvalue weighted by Gasteiger charge is 2.58. The first-order chi connectivity index (χ1) is 18.6. The molecule has 1 amide bonds. The maximum atomic E-state index is 14.9. The Balaban J connectivity index is 1.11. The molecular formula is C30H36F4N2O3. The third-order valence-corrected chi connectivity index (χ3v) is 8.70. The van der Waals surface area contributed by atoms with Crippen LogP contribution in [-0.4, -0.2) is 72.4 Å². The summed E-state index contributed by atoms with van der Waals surface area (Å²) in [5, 5.41) is 9.84. The van der Waals surface area contributed by atoms with Crippen molar-refractivity contribution in [3.05, 3.63) is 53.8 Å². The number of aliphatic hydroxyl groups is 1. The number of carbonyl (C=O) groups excluding carboxylic acids is 1. The van der Waals surface area contributed by atoms with Crippen LogP contribution in [0.15, 0.2) is 42.5 Å². The minimum atomic E-state index is -4.15. The highest BCUT2D eigenvalue weighted by atomic mass is 19.4. The zero-order valence-corrected chi connectivity index (χ0v) is 22.1. The van der Waals surface area contributed by atoms with Gasteiger partial charge in [-0.25, -0.2) is 4.39 Å². The third kappa shape index (κ3) is 6.24. The average molecular weight is 549 g/mol. The van der Waals surface area contributed by atoms with Crippen molar-refractivity contribution in [2.75, 3.05) is 39.3 Å². The zero-order valence-electron chi connectivity index (χ0n) is 22.1. The highest BCUT2D eigenvalue weighted by Crippen LogP contribution is 2.53. The number of likely N-dealkylation sites (tertiary alicyclic amines) is 2. The van der Waals surface area contributed by atoms with Gasteiger partial charge in [-0.15, -0.1) is 0 Å². The van der Waals surface area contributed by atoms with Crippen LogP contribution in [-0.2, 0) is 0 Å². The first-order valence-corrected chi connectivity index (χ1v) is 13.9. The Kier molecular flexibility index (Phi) is 8.19. The Morgan fingerprint density at radius 2 is 1.67 bits per heavy atom. The molecular weight excluding hydrogens is 512 g/mol. The van der Waals surface area contributed by atoms with Gasteiger partial charge < -0.3 is 19.6 Å². The molecule has 1 saturated carbocycles. The van der Waals surface area contributed by atoms with E-state index in [4.69, 9.17) is 4.74 Å². The molecule has 0 unspecified atom stereocenters. The van der Waals surface area contributed by atoms with E-state index in [1.807, 2.05) is 4.90 Å². The fourth-order valence-corrected chi connectivity index (χ4v) is 6.01.